The van der Waals surface area contributed by atoms with E-state index < -0.39 is 8.38 Å². The van der Waals surface area contributed by atoms with Crippen LogP contribution in [0.2, 0.25) is 0 Å². The summed E-state index contributed by atoms with van der Waals surface area (Å²) in [5.74, 6) is 0.929. The third-order valence-electron chi connectivity index (χ3n) is 3.94. The van der Waals surface area contributed by atoms with E-state index in [1.807, 2.05) is 18.2 Å². The van der Waals surface area contributed by atoms with Crippen LogP contribution in [0.5, 0.6) is 0 Å². The van der Waals surface area contributed by atoms with Crippen molar-refractivity contribution < 1.29 is 9.79 Å². The predicted molar refractivity (Wildman–Crippen MR) is 90.1 cm³/mol. The maximum atomic E-state index is 9.01. The highest BCUT2D eigenvalue weighted by molar-refractivity contribution is 7.45. The van der Waals surface area contributed by atoms with Crippen LogP contribution in [-0.4, -0.2) is 68.5 Å². The fraction of sp³-hybridized carbons (Fsp3) is 0.400. The number of hydrogen-bond acceptors (Lipinski definition) is 7. The molecule has 0 aliphatic carbocycles. The van der Waals surface area contributed by atoms with Crippen molar-refractivity contribution in [2.75, 3.05) is 43.8 Å². The summed E-state index contributed by atoms with van der Waals surface area (Å²) in [5.41, 5.74) is 1.92. The second-order valence-corrected chi connectivity index (χ2v) is 6.61. The van der Waals surface area contributed by atoms with E-state index in [9.17, 15) is 0 Å². The van der Waals surface area contributed by atoms with Gasteiger partial charge in [0.15, 0.2) is 8.38 Å². The second kappa shape index (κ2) is 7.75. The quantitative estimate of drug-likeness (QED) is 0.788. The number of rotatable bonds is 5. The molecule has 2 aromatic heterocycles. The van der Waals surface area contributed by atoms with Crippen LogP contribution in [0.1, 0.15) is 0 Å². The van der Waals surface area contributed by atoms with Crippen LogP contribution in [0.3, 0.4) is 0 Å². The standard InChI is InChI=1S/C15H20N5O2P/c21-23(22)10-9-19-5-7-20(8-6-19)15-11-14(17-12-18-15)13-1-3-16-4-2-13/h1-4,11-12,21-22H,5-10H2. The Morgan fingerprint density at radius 2 is 1.78 bits per heavy atom. The number of hydrogen-bond donors (Lipinski definition) is 2. The average Bonchev–Trinajstić information content (AvgIpc) is 2.61. The normalized spacial score (nSPS) is 16.0. The lowest BCUT2D eigenvalue weighted by atomic mass is 10.2. The summed E-state index contributed by atoms with van der Waals surface area (Å²) in [6, 6.07) is 5.88. The summed E-state index contributed by atoms with van der Waals surface area (Å²) in [6.45, 7) is 4.29. The van der Waals surface area contributed by atoms with Gasteiger partial charge in [0.2, 0.25) is 0 Å². The Hall–Kier alpha value is -1.66. The Kier molecular flexibility index (Phi) is 5.46. The number of aromatic nitrogens is 3. The number of anilines is 1. The topological polar surface area (TPSA) is 85.6 Å². The van der Waals surface area contributed by atoms with E-state index >= 15 is 0 Å². The molecule has 122 valence electrons. The van der Waals surface area contributed by atoms with Gasteiger partial charge in [-0.15, -0.1) is 0 Å². The first-order chi connectivity index (χ1) is 11.2. The van der Waals surface area contributed by atoms with Crippen LogP contribution < -0.4 is 4.90 Å². The summed E-state index contributed by atoms with van der Waals surface area (Å²) < 4.78 is 0. The van der Waals surface area contributed by atoms with Gasteiger partial charge in [-0.1, -0.05) is 0 Å². The monoisotopic (exact) mass is 333 g/mol. The molecule has 2 N–H and O–H groups in total. The maximum Gasteiger partial charge on any atom is 0.166 e. The van der Waals surface area contributed by atoms with E-state index in [4.69, 9.17) is 9.79 Å². The first kappa shape index (κ1) is 16.2. The fourth-order valence-corrected chi connectivity index (χ4v) is 3.09. The largest absolute Gasteiger partial charge is 0.354 e. The first-order valence-electron chi connectivity index (χ1n) is 7.57. The van der Waals surface area contributed by atoms with E-state index in [-0.39, 0.29) is 0 Å². The highest BCUT2D eigenvalue weighted by Gasteiger charge is 2.19. The van der Waals surface area contributed by atoms with Gasteiger partial charge in [0.1, 0.15) is 12.1 Å². The van der Waals surface area contributed by atoms with Gasteiger partial charge in [0.05, 0.1) is 5.69 Å². The Balaban J connectivity index is 1.63. The lowest BCUT2D eigenvalue weighted by molar-refractivity contribution is 0.269. The molecule has 0 radical (unpaired) electrons. The molecule has 1 fully saturated rings. The van der Waals surface area contributed by atoms with Crippen LogP contribution in [0.25, 0.3) is 11.3 Å². The Labute approximate surface area is 136 Å². The maximum absolute atomic E-state index is 9.01. The Morgan fingerprint density at radius 3 is 2.48 bits per heavy atom. The lowest BCUT2D eigenvalue weighted by Crippen LogP contribution is -2.47. The molecule has 0 unspecified atom stereocenters. The van der Waals surface area contributed by atoms with Crippen LogP contribution in [0.15, 0.2) is 36.9 Å². The molecule has 8 heteroatoms. The average molecular weight is 333 g/mol. The minimum absolute atomic E-state index is 0.453. The van der Waals surface area contributed by atoms with Crippen LogP contribution in [-0.2, 0) is 0 Å². The van der Waals surface area contributed by atoms with E-state index in [0.717, 1.165) is 49.8 Å². The van der Waals surface area contributed by atoms with Gasteiger partial charge in [0.25, 0.3) is 0 Å². The van der Waals surface area contributed by atoms with Gasteiger partial charge in [-0.2, -0.15) is 0 Å². The smallest absolute Gasteiger partial charge is 0.166 e. The van der Waals surface area contributed by atoms with Gasteiger partial charge >= 0.3 is 0 Å². The van der Waals surface area contributed by atoms with Crippen molar-refractivity contribution >= 4 is 14.2 Å². The van der Waals surface area contributed by atoms with Crippen molar-refractivity contribution in [3.8, 4) is 11.3 Å². The molecule has 0 saturated carbocycles. The SMILES string of the molecule is OP(O)CCN1CCN(c2cc(-c3ccncc3)ncn2)CC1. The van der Waals surface area contributed by atoms with E-state index in [2.05, 4.69) is 24.8 Å². The van der Waals surface area contributed by atoms with Crippen molar-refractivity contribution in [1.29, 1.82) is 0 Å². The second-order valence-electron chi connectivity index (χ2n) is 5.42. The zero-order valence-corrected chi connectivity index (χ0v) is 13.7. The minimum Gasteiger partial charge on any atom is -0.354 e. The molecule has 7 nitrogen and oxygen atoms in total. The molecule has 0 atom stereocenters. The molecule has 1 aliphatic rings. The van der Waals surface area contributed by atoms with E-state index in [0.29, 0.717) is 6.16 Å². The first-order valence-corrected chi connectivity index (χ1v) is 9.00. The summed E-state index contributed by atoms with van der Waals surface area (Å²) in [4.78, 5) is 35.3. The molecule has 0 amide bonds. The molecule has 3 heterocycles. The van der Waals surface area contributed by atoms with Gasteiger partial charge in [-0.3, -0.25) is 9.88 Å². The zero-order valence-electron chi connectivity index (χ0n) is 12.8. The van der Waals surface area contributed by atoms with Gasteiger partial charge < -0.3 is 14.7 Å². The number of pyridine rings is 1. The molecule has 0 bridgehead atoms. The number of nitrogens with zero attached hydrogens (tertiary/aromatic N) is 5. The number of piperazine rings is 1. The molecule has 1 aliphatic heterocycles. The molecular weight excluding hydrogens is 313 g/mol. The Bertz CT molecular complexity index is 620. The summed E-state index contributed by atoms with van der Waals surface area (Å²) in [6.07, 6.45) is 5.57. The fourth-order valence-electron chi connectivity index (χ4n) is 2.63. The summed E-state index contributed by atoms with van der Waals surface area (Å²) in [7, 11) is -1.79. The lowest BCUT2D eigenvalue weighted by Gasteiger charge is -2.35. The summed E-state index contributed by atoms with van der Waals surface area (Å²) >= 11 is 0. The van der Waals surface area contributed by atoms with E-state index in [1.165, 1.54) is 0 Å². The van der Waals surface area contributed by atoms with E-state index in [1.54, 1.807) is 18.7 Å². The highest BCUT2D eigenvalue weighted by atomic mass is 31.2. The zero-order chi connectivity index (χ0) is 16.1. The van der Waals surface area contributed by atoms with Crippen LogP contribution >= 0.6 is 8.38 Å². The van der Waals surface area contributed by atoms with Gasteiger partial charge in [-0.05, 0) is 12.1 Å². The van der Waals surface area contributed by atoms with Crippen molar-refractivity contribution in [3.63, 3.8) is 0 Å². The molecular formula is C15H20N5O2P. The van der Waals surface area contributed by atoms with Crippen molar-refractivity contribution in [2.24, 2.45) is 0 Å². The van der Waals surface area contributed by atoms with Gasteiger partial charge in [-0.25, -0.2) is 9.97 Å². The molecule has 1 saturated heterocycles. The molecule has 23 heavy (non-hydrogen) atoms. The third-order valence-corrected chi connectivity index (χ3v) is 4.54. The molecule has 3 rings (SSSR count). The van der Waals surface area contributed by atoms with Gasteiger partial charge in [0, 0.05) is 62.9 Å². The van der Waals surface area contributed by atoms with Crippen LogP contribution in [0.4, 0.5) is 5.82 Å². The van der Waals surface area contributed by atoms with Crippen molar-refractivity contribution in [1.82, 2.24) is 19.9 Å². The Morgan fingerprint density at radius 1 is 1.04 bits per heavy atom. The molecule has 2 aromatic rings. The van der Waals surface area contributed by atoms with Crippen LogP contribution in [0, 0.1) is 0 Å². The molecule has 0 aromatic carbocycles. The molecule has 0 spiro atoms. The highest BCUT2D eigenvalue weighted by Crippen LogP contribution is 2.23. The van der Waals surface area contributed by atoms with Crippen molar-refractivity contribution in [3.05, 3.63) is 36.9 Å². The third kappa shape index (κ3) is 4.42. The summed E-state index contributed by atoms with van der Waals surface area (Å²) in [5, 5.41) is 0. The minimum atomic E-state index is -1.79. The predicted octanol–water partition coefficient (Wildman–Crippen LogP) is 0.957. The van der Waals surface area contributed by atoms with Crippen molar-refractivity contribution in [2.45, 2.75) is 0 Å².